The molecule has 3 rings (SSSR count). The molecule has 1 fully saturated rings. The van der Waals surface area contributed by atoms with E-state index >= 15 is 0 Å². The third-order valence-corrected chi connectivity index (χ3v) is 4.74. The molecule has 6 heteroatoms. The molecule has 0 aromatic carbocycles. The number of nitrogens with one attached hydrogen (secondary N) is 2. The van der Waals surface area contributed by atoms with Crippen LogP contribution in [0, 0.1) is 0 Å². The number of hydrogen-bond donors (Lipinski definition) is 2. The maximum absolute atomic E-state index is 4.54. The fraction of sp³-hybridized carbons (Fsp3) is 0.571. The highest BCUT2D eigenvalue weighted by molar-refractivity contribution is 7.16. The highest BCUT2D eigenvalue weighted by atomic mass is 32.1. The van der Waals surface area contributed by atoms with Gasteiger partial charge < -0.3 is 10.6 Å². The second-order valence-electron chi connectivity index (χ2n) is 5.41. The van der Waals surface area contributed by atoms with E-state index in [1.54, 1.807) is 11.3 Å². The lowest BCUT2D eigenvalue weighted by Crippen LogP contribution is -2.36. The molecular formula is C14H21N5S. The Balaban J connectivity index is 1.74. The quantitative estimate of drug-likeness (QED) is 0.857. The van der Waals surface area contributed by atoms with Crippen LogP contribution in [-0.2, 0) is 0 Å². The van der Waals surface area contributed by atoms with Gasteiger partial charge in [-0.05, 0) is 38.3 Å². The van der Waals surface area contributed by atoms with Crippen LogP contribution >= 0.6 is 11.3 Å². The average molecular weight is 291 g/mol. The fourth-order valence-electron chi connectivity index (χ4n) is 2.33. The first kappa shape index (κ1) is 13.6. The van der Waals surface area contributed by atoms with Crippen LogP contribution in [0.25, 0.3) is 10.2 Å². The van der Waals surface area contributed by atoms with Gasteiger partial charge in [-0.2, -0.15) is 4.98 Å². The summed E-state index contributed by atoms with van der Waals surface area (Å²) in [6.07, 6.45) is 2.68. The monoisotopic (exact) mass is 291 g/mol. The zero-order valence-electron chi connectivity index (χ0n) is 12.2. The van der Waals surface area contributed by atoms with Gasteiger partial charge in [-0.25, -0.2) is 4.98 Å². The van der Waals surface area contributed by atoms with Crippen LogP contribution in [0.2, 0.25) is 0 Å². The Morgan fingerprint density at radius 2 is 2.25 bits per heavy atom. The molecule has 1 aliphatic rings. The van der Waals surface area contributed by atoms with Crippen molar-refractivity contribution in [1.82, 2.24) is 14.9 Å². The number of hydrogen-bond acceptors (Lipinski definition) is 6. The Hall–Kier alpha value is -1.40. The van der Waals surface area contributed by atoms with E-state index in [-0.39, 0.29) is 0 Å². The number of likely N-dealkylation sites (N-methyl/N-ethyl adjacent to an activating group) is 1. The molecule has 1 aliphatic carbocycles. The number of fused-ring (bicyclic) bond motifs is 1. The predicted molar refractivity (Wildman–Crippen MR) is 85.7 cm³/mol. The Labute approximate surface area is 123 Å². The molecule has 1 atom stereocenters. The van der Waals surface area contributed by atoms with Crippen molar-refractivity contribution in [1.29, 1.82) is 0 Å². The summed E-state index contributed by atoms with van der Waals surface area (Å²) in [7, 11) is 4.06. The zero-order valence-corrected chi connectivity index (χ0v) is 13.0. The lowest BCUT2D eigenvalue weighted by molar-refractivity contribution is 0.257. The van der Waals surface area contributed by atoms with Gasteiger partial charge in [-0.1, -0.05) is 0 Å². The second kappa shape index (κ2) is 5.54. The van der Waals surface area contributed by atoms with Crippen molar-refractivity contribution in [2.45, 2.75) is 31.8 Å². The van der Waals surface area contributed by atoms with Crippen LogP contribution in [-0.4, -0.2) is 47.6 Å². The minimum Gasteiger partial charge on any atom is -0.368 e. The number of rotatable bonds is 6. The van der Waals surface area contributed by atoms with E-state index in [4.69, 9.17) is 0 Å². The van der Waals surface area contributed by atoms with Gasteiger partial charge in [0.2, 0.25) is 5.95 Å². The van der Waals surface area contributed by atoms with Crippen molar-refractivity contribution < 1.29 is 0 Å². The Morgan fingerprint density at radius 1 is 1.45 bits per heavy atom. The van der Waals surface area contributed by atoms with E-state index in [2.05, 4.69) is 50.9 Å². The Kier molecular flexibility index (Phi) is 3.76. The number of aromatic nitrogens is 2. The molecule has 5 nitrogen and oxygen atoms in total. The lowest BCUT2D eigenvalue weighted by atomic mass is 10.3. The molecular weight excluding hydrogens is 270 g/mol. The summed E-state index contributed by atoms with van der Waals surface area (Å²) in [5.74, 6) is 1.60. The van der Waals surface area contributed by atoms with Crippen LogP contribution in [0.1, 0.15) is 19.8 Å². The van der Waals surface area contributed by atoms with Crippen LogP contribution in [0.4, 0.5) is 11.8 Å². The zero-order chi connectivity index (χ0) is 14.1. The molecule has 2 heterocycles. The highest BCUT2D eigenvalue weighted by Gasteiger charge is 2.29. The van der Waals surface area contributed by atoms with E-state index in [0.717, 1.165) is 28.6 Å². The van der Waals surface area contributed by atoms with Gasteiger partial charge in [0.05, 0.1) is 5.39 Å². The smallest absolute Gasteiger partial charge is 0.225 e. The molecule has 2 aromatic rings. The minimum absolute atomic E-state index is 0.504. The van der Waals surface area contributed by atoms with Crippen molar-refractivity contribution in [3.8, 4) is 0 Å². The number of nitrogens with zero attached hydrogens (tertiary/aromatic N) is 3. The molecule has 0 saturated heterocycles. The Bertz CT molecular complexity index is 592. The van der Waals surface area contributed by atoms with E-state index in [9.17, 15) is 0 Å². The maximum Gasteiger partial charge on any atom is 0.225 e. The normalized spacial score (nSPS) is 16.6. The number of anilines is 2. The molecule has 1 saturated carbocycles. The SMILES string of the molecule is CNc1nc(NCC(C)N(C)C2CC2)c2ccsc2n1. The van der Waals surface area contributed by atoms with Crippen LogP contribution in [0.15, 0.2) is 11.4 Å². The van der Waals surface area contributed by atoms with Gasteiger partial charge in [0.15, 0.2) is 0 Å². The first-order valence-corrected chi connectivity index (χ1v) is 7.96. The van der Waals surface area contributed by atoms with Gasteiger partial charge in [0.1, 0.15) is 10.6 Å². The summed E-state index contributed by atoms with van der Waals surface area (Å²) in [6.45, 7) is 3.16. The molecule has 20 heavy (non-hydrogen) atoms. The van der Waals surface area contributed by atoms with Crippen molar-refractivity contribution in [3.63, 3.8) is 0 Å². The molecule has 2 N–H and O–H groups in total. The van der Waals surface area contributed by atoms with E-state index in [0.29, 0.717) is 12.0 Å². The van der Waals surface area contributed by atoms with Crippen LogP contribution < -0.4 is 10.6 Å². The minimum atomic E-state index is 0.504. The summed E-state index contributed by atoms with van der Waals surface area (Å²) in [6, 6.07) is 3.37. The van der Waals surface area contributed by atoms with Crippen molar-refractivity contribution in [2.24, 2.45) is 0 Å². The molecule has 0 aliphatic heterocycles. The summed E-state index contributed by atoms with van der Waals surface area (Å²) < 4.78 is 0. The van der Waals surface area contributed by atoms with Crippen molar-refractivity contribution in [3.05, 3.63) is 11.4 Å². The van der Waals surface area contributed by atoms with Crippen molar-refractivity contribution >= 4 is 33.3 Å². The molecule has 2 aromatic heterocycles. The molecule has 0 amide bonds. The summed E-state index contributed by atoms with van der Waals surface area (Å²) in [5.41, 5.74) is 0. The summed E-state index contributed by atoms with van der Waals surface area (Å²) in [5, 5.41) is 9.67. The molecule has 108 valence electrons. The average Bonchev–Trinajstić information content (AvgIpc) is 3.21. The van der Waals surface area contributed by atoms with Gasteiger partial charge in [-0.3, -0.25) is 4.90 Å². The summed E-state index contributed by atoms with van der Waals surface area (Å²) >= 11 is 1.64. The molecule has 1 unspecified atom stereocenters. The third-order valence-electron chi connectivity index (χ3n) is 3.93. The van der Waals surface area contributed by atoms with Gasteiger partial charge in [0.25, 0.3) is 0 Å². The van der Waals surface area contributed by atoms with Crippen LogP contribution in [0.5, 0.6) is 0 Å². The summed E-state index contributed by atoms with van der Waals surface area (Å²) in [4.78, 5) is 12.5. The first-order chi connectivity index (χ1) is 9.69. The van der Waals surface area contributed by atoms with Gasteiger partial charge >= 0.3 is 0 Å². The molecule has 0 spiro atoms. The lowest BCUT2D eigenvalue weighted by Gasteiger charge is -2.25. The predicted octanol–water partition coefficient (Wildman–Crippen LogP) is 2.63. The largest absolute Gasteiger partial charge is 0.368 e. The van der Waals surface area contributed by atoms with Crippen molar-refractivity contribution in [2.75, 3.05) is 31.3 Å². The molecule has 0 bridgehead atoms. The molecule has 0 radical (unpaired) electrons. The van der Waals surface area contributed by atoms with Gasteiger partial charge in [0, 0.05) is 25.7 Å². The van der Waals surface area contributed by atoms with E-state index in [1.165, 1.54) is 12.8 Å². The fourth-order valence-corrected chi connectivity index (χ4v) is 3.10. The topological polar surface area (TPSA) is 53.1 Å². The Morgan fingerprint density at radius 3 is 2.95 bits per heavy atom. The van der Waals surface area contributed by atoms with Crippen LogP contribution in [0.3, 0.4) is 0 Å². The van der Waals surface area contributed by atoms with Gasteiger partial charge in [-0.15, -0.1) is 11.3 Å². The second-order valence-corrected chi connectivity index (χ2v) is 6.31. The standard InChI is InChI=1S/C14H21N5S/c1-9(19(3)10-4-5-10)8-16-12-11-6-7-20-13(11)18-14(15-2)17-12/h6-7,9-10H,4-5,8H2,1-3H3,(H2,15,16,17,18). The number of thiophene rings is 1. The van der Waals surface area contributed by atoms with E-state index < -0.39 is 0 Å². The maximum atomic E-state index is 4.54. The van der Waals surface area contributed by atoms with E-state index in [1.807, 2.05) is 7.05 Å². The highest BCUT2D eigenvalue weighted by Crippen LogP contribution is 2.28. The third kappa shape index (κ3) is 2.71. The first-order valence-electron chi connectivity index (χ1n) is 7.08.